The maximum Gasteiger partial charge on any atom is 0.419 e. The molecule has 0 fully saturated rings. The van der Waals surface area contributed by atoms with Crippen LogP contribution in [0, 0.1) is 5.82 Å². The first-order valence-corrected chi connectivity index (χ1v) is 8.37. The summed E-state index contributed by atoms with van der Waals surface area (Å²) in [6.45, 7) is -0.465. The van der Waals surface area contributed by atoms with Gasteiger partial charge < -0.3 is 16.4 Å². The lowest BCUT2D eigenvalue weighted by Crippen LogP contribution is -2.61. The third-order valence-electron chi connectivity index (χ3n) is 3.89. The van der Waals surface area contributed by atoms with E-state index in [9.17, 15) is 27.2 Å². The van der Waals surface area contributed by atoms with Crippen LogP contribution in [0.5, 0.6) is 0 Å². The van der Waals surface area contributed by atoms with E-state index < -0.39 is 34.9 Å². The first-order chi connectivity index (χ1) is 13.1. The molecule has 2 aromatic carbocycles. The molecule has 0 spiro atoms. The molecule has 150 valence electrons. The zero-order valence-corrected chi connectivity index (χ0v) is 15.1. The highest BCUT2D eigenvalue weighted by Gasteiger charge is 2.59. The van der Waals surface area contributed by atoms with Gasteiger partial charge in [-0.1, -0.05) is 23.7 Å². The van der Waals surface area contributed by atoms with Gasteiger partial charge in [0.2, 0.25) is 5.54 Å². The van der Waals surface area contributed by atoms with Gasteiger partial charge in [0.05, 0.1) is 0 Å². The molecule has 0 saturated carbocycles. The predicted octanol–water partition coefficient (Wildman–Crippen LogP) is 2.74. The van der Waals surface area contributed by atoms with Crippen molar-refractivity contribution in [2.24, 2.45) is 5.73 Å². The fraction of sp³-hybridized carbons (Fsp3) is 0.222. The first kappa shape index (κ1) is 21.6. The molecule has 0 aromatic heterocycles. The largest absolute Gasteiger partial charge is 0.419 e. The van der Waals surface area contributed by atoms with Gasteiger partial charge in [-0.25, -0.2) is 4.39 Å². The van der Waals surface area contributed by atoms with E-state index >= 15 is 0 Å². The van der Waals surface area contributed by atoms with Crippen LogP contribution < -0.4 is 16.4 Å². The van der Waals surface area contributed by atoms with E-state index in [-0.39, 0.29) is 13.1 Å². The Morgan fingerprint density at radius 1 is 1.00 bits per heavy atom. The molecule has 1 atom stereocenters. The number of nitrogens with two attached hydrogens (primary N) is 1. The third-order valence-corrected chi connectivity index (χ3v) is 4.14. The molecule has 0 aliphatic carbocycles. The van der Waals surface area contributed by atoms with E-state index in [0.717, 1.165) is 18.2 Å². The van der Waals surface area contributed by atoms with Crippen molar-refractivity contribution in [1.29, 1.82) is 0 Å². The maximum atomic E-state index is 13.5. The average Bonchev–Trinajstić information content (AvgIpc) is 2.63. The highest BCUT2D eigenvalue weighted by Crippen LogP contribution is 2.37. The minimum Gasteiger partial charge on any atom is -0.352 e. The Morgan fingerprint density at radius 2 is 1.61 bits per heavy atom. The zero-order valence-electron chi connectivity index (χ0n) is 14.3. The second-order valence-electron chi connectivity index (χ2n) is 5.83. The molecule has 2 aromatic rings. The quantitative estimate of drug-likeness (QED) is 0.499. The van der Waals surface area contributed by atoms with Crippen molar-refractivity contribution in [3.05, 3.63) is 70.5 Å². The number of carbonyl (C=O) groups is 2. The molecule has 10 heteroatoms. The summed E-state index contributed by atoms with van der Waals surface area (Å²) < 4.78 is 53.7. The molecule has 0 aliphatic rings. The van der Waals surface area contributed by atoms with Gasteiger partial charge in [-0.05, 0) is 42.0 Å². The number of rotatable bonds is 6. The van der Waals surface area contributed by atoms with Crippen LogP contribution in [0.4, 0.5) is 17.6 Å². The van der Waals surface area contributed by atoms with Crippen LogP contribution in [0.2, 0.25) is 5.02 Å². The van der Waals surface area contributed by atoms with Crippen LogP contribution >= 0.6 is 11.6 Å². The highest BCUT2D eigenvalue weighted by molar-refractivity contribution is 6.30. The van der Waals surface area contributed by atoms with E-state index in [4.69, 9.17) is 17.3 Å². The zero-order chi connectivity index (χ0) is 20.9. The van der Waals surface area contributed by atoms with Gasteiger partial charge in [0.25, 0.3) is 11.8 Å². The summed E-state index contributed by atoms with van der Waals surface area (Å²) in [7, 11) is 0. The number of alkyl halides is 3. The SMILES string of the molecule is N[C@](C(=O)NCCNC(=O)c1ccc(Cl)cc1)(c1cccc(F)c1)C(F)(F)F. The number of nitrogens with one attached hydrogen (secondary N) is 2. The van der Waals surface area contributed by atoms with Crippen molar-refractivity contribution >= 4 is 23.4 Å². The number of halogens is 5. The lowest BCUT2D eigenvalue weighted by Gasteiger charge is -2.30. The van der Waals surface area contributed by atoms with E-state index in [0.29, 0.717) is 16.7 Å². The lowest BCUT2D eigenvalue weighted by atomic mass is 9.89. The Balaban J connectivity index is 2.01. The fourth-order valence-electron chi connectivity index (χ4n) is 2.35. The smallest absolute Gasteiger partial charge is 0.352 e. The normalized spacial score (nSPS) is 13.5. The topological polar surface area (TPSA) is 84.2 Å². The second-order valence-corrected chi connectivity index (χ2v) is 6.27. The summed E-state index contributed by atoms with van der Waals surface area (Å²) in [4.78, 5) is 24.1. The second kappa shape index (κ2) is 8.57. The molecule has 2 amide bonds. The van der Waals surface area contributed by atoms with Crippen molar-refractivity contribution in [2.45, 2.75) is 11.7 Å². The van der Waals surface area contributed by atoms with Gasteiger partial charge in [-0.3, -0.25) is 9.59 Å². The highest BCUT2D eigenvalue weighted by atomic mass is 35.5. The van der Waals surface area contributed by atoms with E-state index in [1.165, 1.54) is 24.3 Å². The Bertz CT molecular complexity index is 859. The number of hydrogen-bond donors (Lipinski definition) is 3. The summed E-state index contributed by atoms with van der Waals surface area (Å²) in [5.74, 6) is -3.02. The molecule has 0 aliphatic heterocycles. The molecule has 5 nitrogen and oxygen atoms in total. The molecule has 4 N–H and O–H groups in total. The van der Waals surface area contributed by atoms with Gasteiger partial charge in [0.1, 0.15) is 5.82 Å². The van der Waals surface area contributed by atoms with Gasteiger partial charge >= 0.3 is 6.18 Å². The standard InChI is InChI=1S/C18H16ClF4N3O2/c19-13-6-4-11(5-7-13)15(27)25-8-9-26-16(28)17(24,18(21,22)23)12-2-1-3-14(20)10-12/h1-7,10H,8-9,24H2,(H,25,27)(H,26,28)/t17-/m0/s1. The van der Waals surface area contributed by atoms with Crippen molar-refractivity contribution in [3.63, 3.8) is 0 Å². The van der Waals surface area contributed by atoms with Gasteiger partial charge in [-0.2, -0.15) is 13.2 Å². The van der Waals surface area contributed by atoms with Crippen LogP contribution in [0.3, 0.4) is 0 Å². The van der Waals surface area contributed by atoms with Crippen molar-refractivity contribution in [1.82, 2.24) is 10.6 Å². The number of benzene rings is 2. The van der Waals surface area contributed by atoms with Crippen LogP contribution in [-0.4, -0.2) is 31.1 Å². The predicted molar refractivity (Wildman–Crippen MR) is 95.1 cm³/mol. The number of carbonyl (C=O) groups excluding carboxylic acids is 2. The van der Waals surface area contributed by atoms with Crippen molar-refractivity contribution < 1.29 is 27.2 Å². The Morgan fingerprint density at radius 3 is 2.18 bits per heavy atom. The molecular formula is C18H16ClF4N3O2. The molecular weight excluding hydrogens is 402 g/mol. The molecule has 2 rings (SSSR count). The first-order valence-electron chi connectivity index (χ1n) is 7.99. The number of hydrogen-bond acceptors (Lipinski definition) is 3. The van der Waals surface area contributed by atoms with Crippen LogP contribution in [0.25, 0.3) is 0 Å². The van der Waals surface area contributed by atoms with E-state index in [1.807, 2.05) is 5.32 Å². The van der Waals surface area contributed by atoms with Crippen molar-refractivity contribution in [2.75, 3.05) is 13.1 Å². The van der Waals surface area contributed by atoms with Gasteiger partial charge in [0, 0.05) is 23.7 Å². The fourth-order valence-corrected chi connectivity index (χ4v) is 2.48. The minimum atomic E-state index is -5.17. The molecule has 0 unspecified atom stereocenters. The average molecular weight is 418 g/mol. The summed E-state index contributed by atoms with van der Waals surface area (Å²) in [5.41, 5.74) is 1.47. The van der Waals surface area contributed by atoms with Crippen LogP contribution in [-0.2, 0) is 10.3 Å². The lowest BCUT2D eigenvalue weighted by molar-refractivity contribution is -0.194. The molecule has 0 bridgehead atoms. The van der Waals surface area contributed by atoms with E-state index in [1.54, 1.807) is 0 Å². The summed E-state index contributed by atoms with van der Waals surface area (Å²) in [6.07, 6.45) is -5.17. The Hall–Kier alpha value is -2.65. The summed E-state index contributed by atoms with van der Waals surface area (Å²) in [5, 5.41) is 4.89. The van der Waals surface area contributed by atoms with Crippen molar-refractivity contribution in [3.8, 4) is 0 Å². The van der Waals surface area contributed by atoms with Crippen LogP contribution in [0.1, 0.15) is 15.9 Å². The molecule has 28 heavy (non-hydrogen) atoms. The minimum absolute atomic E-state index is 0.149. The number of amides is 2. The summed E-state index contributed by atoms with van der Waals surface area (Å²) in [6, 6.07) is 9.37. The Kier molecular flexibility index (Phi) is 6.63. The van der Waals surface area contributed by atoms with Crippen LogP contribution in [0.15, 0.2) is 48.5 Å². The maximum absolute atomic E-state index is 13.5. The third kappa shape index (κ3) is 4.79. The van der Waals surface area contributed by atoms with Gasteiger partial charge in [-0.15, -0.1) is 0 Å². The molecule has 0 saturated heterocycles. The van der Waals surface area contributed by atoms with Gasteiger partial charge in [0.15, 0.2) is 0 Å². The molecule has 0 radical (unpaired) electrons. The van der Waals surface area contributed by atoms with E-state index in [2.05, 4.69) is 5.32 Å². The monoisotopic (exact) mass is 417 g/mol. The summed E-state index contributed by atoms with van der Waals surface area (Å²) >= 11 is 5.71. The molecule has 0 heterocycles. The Labute approximate surface area is 162 Å².